The number of ether oxygens (including phenoxy) is 3. The maximum atomic E-state index is 12.8. The lowest BCUT2D eigenvalue weighted by Crippen LogP contribution is -2.27. The van der Waals surface area contributed by atoms with E-state index in [4.69, 9.17) is 30.8 Å². The molecule has 178 valence electrons. The number of carbonyl (C=O) groups excluding carboxylic acids is 2. The fraction of sp³-hybridized carbons (Fsp3) is 0.115. The fourth-order valence-corrected chi connectivity index (χ4v) is 4.48. The molecule has 7 nitrogen and oxygen atoms in total. The molecule has 1 aliphatic heterocycles. The summed E-state index contributed by atoms with van der Waals surface area (Å²) in [5.41, 5.74) is 1.53. The standard InChI is InChI=1S/C26H21NO6S2/c1-30-19-9-5-17(6-10-19)8-12-24(28)33-21-11-7-18(14-22(21)31-2)15-23-25(29)27(26(34)35-23)16-20-4-3-13-32-20/h3-15H,16H2,1-2H3. The van der Waals surface area contributed by atoms with Gasteiger partial charge in [0.05, 0.1) is 31.9 Å². The molecule has 4 rings (SSSR count). The van der Waals surface area contributed by atoms with Gasteiger partial charge in [0.1, 0.15) is 15.8 Å². The molecule has 0 spiro atoms. The molecule has 1 amide bonds. The van der Waals surface area contributed by atoms with Gasteiger partial charge in [-0.2, -0.15) is 0 Å². The van der Waals surface area contributed by atoms with Crippen molar-refractivity contribution in [2.45, 2.75) is 6.54 Å². The number of nitrogens with zero attached hydrogens (tertiary/aromatic N) is 1. The van der Waals surface area contributed by atoms with Gasteiger partial charge in [0, 0.05) is 6.08 Å². The van der Waals surface area contributed by atoms with E-state index >= 15 is 0 Å². The molecule has 1 fully saturated rings. The first-order valence-electron chi connectivity index (χ1n) is 10.5. The number of thioether (sulfide) groups is 1. The van der Waals surface area contributed by atoms with Crippen LogP contribution in [0.3, 0.4) is 0 Å². The predicted molar refractivity (Wildman–Crippen MR) is 138 cm³/mol. The van der Waals surface area contributed by atoms with Crippen molar-refractivity contribution in [1.82, 2.24) is 4.90 Å². The lowest BCUT2D eigenvalue weighted by atomic mass is 10.2. The van der Waals surface area contributed by atoms with E-state index in [1.165, 1.54) is 29.8 Å². The number of rotatable bonds is 8. The van der Waals surface area contributed by atoms with Crippen LogP contribution in [0.1, 0.15) is 16.9 Å². The fourth-order valence-electron chi connectivity index (χ4n) is 3.23. The Morgan fingerprint density at radius 3 is 2.51 bits per heavy atom. The number of methoxy groups -OCH3 is 2. The van der Waals surface area contributed by atoms with Gasteiger partial charge < -0.3 is 18.6 Å². The lowest BCUT2D eigenvalue weighted by molar-refractivity contribution is -0.129. The van der Waals surface area contributed by atoms with E-state index < -0.39 is 5.97 Å². The molecule has 1 aliphatic rings. The summed E-state index contributed by atoms with van der Waals surface area (Å²) in [4.78, 5) is 27.1. The van der Waals surface area contributed by atoms with Gasteiger partial charge in [-0.05, 0) is 59.7 Å². The van der Waals surface area contributed by atoms with Crippen LogP contribution in [0, 0.1) is 0 Å². The molecule has 2 aromatic carbocycles. The van der Waals surface area contributed by atoms with Crippen LogP contribution < -0.4 is 14.2 Å². The Bertz CT molecular complexity index is 1300. The molecule has 35 heavy (non-hydrogen) atoms. The van der Waals surface area contributed by atoms with E-state index in [1.54, 1.807) is 68.0 Å². The van der Waals surface area contributed by atoms with Crippen LogP contribution in [0.5, 0.6) is 17.2 Å². The molecular formula is C26H21NO6S2. The van der Waals surface area contributed by atoms with Crippen LogP contribution in [0.4, 0.5) is 0 Å². The number of carbonyl (C=O) groups is 2. The van der Waals surface area contributed by atoms with Gasteiger partial charge in [-0.3, -0.25) is 9.69 Å². The summed E-state index contributed by atoms with van der Waals surface area (Å²) in [5.74, 6) is 1.25. The van der Waals surface area contributed by atoms with E-state index in [-0.39, 0.29) is 18.2 Å². The van der Waals surface area contributed by atoms with E-state index in [9.17, 15) is 9.59 Å². The molecule has 9 heteroatoms. The SMILES string of the molecule is COc1ccc(C=CC(=O)Oc2ccc(C=C3SC(=S)N(Cc4ccco4)C3=O)cc2OC)cc1. The van der Waals surface area contributed by atoms with Gasteiger partial charge >= 0.3 is 5.97 Å². The molecule has 0 bridgehead atoms. The Morgan fingerprint density at radius 1 is 1.06 bits per heavy atom. The maximum absolute atomic E-state index is 12.8. The van der Waals surface area contributed by atoms with Crippen molar-refractivity contribution in [2.75, 3.05) is 14.2 Å². The number of benzene rings is 2. The molecule has 0 unspecified atom stereocenters. The summed E-state index contributed by atoms with van der Waals surface area (Å²) >= 11 is 6.58. The first kappa shape index (κ1) is 24.3. The molecule has 0 atom stereocenters. The molecule has 0 saturated carbocycles. The first-order valence-corrected chi connectivity index (χ1v) is 11.7. The quantitative estimate of drug-likeness (QED) is 0.176. The molecule has 3 aromatic rings. The molecule has 1 aromatic heterocycles. The number of hydrogen-bond donors (Lipinski definition) is 0. The normalized spacial score (nSPS) is 14.7. The van der Waals surface area contributed by atoms with Crippen LogP contribution in [-0.4, -0.2) is 35.3 Å². The number of thiocarbonyl (C=S) groups is 1. The van der Waals surface area contributed by atoms with Gasteiger partial charge in [-0.25, -0.2) is 4.79 Å². The van der Waals surface area contributed by atoms with E-state index in [0.29, 0.717) is 26.3 Å². The van der Waals surface area contributed by atoms with Gasteiger partial charge in [-0.1, -0.05) is 42.2 Å². The molecule has 1 saturated heterocycles. The number of amides is 1. The first-order chi connectivity index (χ1) is 17.0. The highest BCUT2D eigenvalue weighted by atomic mass is 32.2. The van der Waals surface area contributed by atoms with Crippen molar-refractivity contribution in [2.24, 2.45) is 0 Å². The second kappa shape index (κ2) is 11.1. The zero-order valence-electron chi connectivity index (χ0n) is 18.9. The van der Waals surface area contributed by atoms with Crippen molar-refractivity contribution in [3.05, 3.63) is 88.7 Å². The summed E-state index contributed by atoms with van der Waals surface area (Å²) in [5, 5.41) is 0. The Balaban J connectivity index is 1.44. The summed E-state index contributed by atoms with van der Waals surface area (Å²) < 4.78 is 21.7. The Labute approximate surface area is 212 Å². The van der Waals surface area contributed by atoms with Crippen LogP contribution in [0.25, 0.3) is 12.2 Å². The third-order valence-electron chi connectivity index (χ3n) is 4.99. The third kappa shape index (κ3) is 6.00. The van der Waals surface area contributed by atoms with E-state index in [1.807, 2.05) is 12.1 Å². The van der Waals surface area contributed by atoms with Crippen LogP contribution in [-0.2, 0) is 16.1 Å². The number of esters is 1. The van der Waals surface area contributed by atoms with Crippen molar-refractivity contribution < 1.29 is 28.2 Å². The molecule has 2 heterocycles. The molecular weight excluding hydrogens is 486 g/mol. The highest BCUT2D eigenvalue weighted by Gasteiger charge is 2.32. The summed E-state index contributed by atoms with van der Waals surface area (Å²) in [7, 11) is 3.07. The summed E-state index contributed by atoms with van der Waals surface area (Å²) in [6, 6.07) is 15.9. The van der Waals surface area contributed by atoms with Crippen LogP contribution >= 0.6 is 24.0 Å². The topological polar surface area (TPSA) is 78.2 Å². The second-order valence-corrected chi connectivity index (χ2v) is 8.96. The van der Waals surface area contributed by atoms with Crippen molar-refractivity contribution >= 4 is 52.3 Å². The maximum Gasteiger partial charge on any atom is 0.336 e. The van der Waals surface area contributed by atoms with Gasteiger partial charge in [0.25, 0.3) is 5.91 Å². The molecule has 0 N–H and O–H groups in total. The summed E-state index contributed by atoms with van der Waals surface area (Å²) in [6.07, 6.45) is 6.25. The third-order valence-corrected chi connectivity index (χ3v) is 6.37. The highest BCUT2D eigenvalue weighted by Crippen LogP contribution is 2.35. The van der Waals surface area contributed by atoms with Gasteiger partial charge in [-0.15, -0.1) is 0 Å². The lowest BCUT2D eigenvalue weighted by Gasteiger charge is -2.12. The van der Waals surface area contributed by atoms with Crippen molar-refractivity contribution in [1.29, 1.82) is 0 Å². The Kier molecular flexibility index (Phi) is 7.69. The number of hydrogen-bond acceptors (Lipinski definition) is 8. The van der Waals surface area contributed by atoms with E-state index in [0.717, 1.165) is 11.3 Å². The van der Waals surface area contributed by atoms with E-state index in [2.05, 4.69) is 0 Å². The Morgan fingerprint density at radius 2 is 1.83 bits per heavy atom. The minimum Gasteiger partial charge on any atom is -0.497 e. The molecule has 0 aliphatic carbocycles. The highest BCUT2D eigenvalue weighted by molar-refractivity contribution is 8.26. The van der Waals surface area contributed by atoms with Gasteiger partial charge in [0.2, 0.25) is 0 Å². The number of furan rings is 1. The zero-order valence-corrected chi connectivity index (χ0v) is 20.6. The minimum absolute atomic E-state index is 0.199. The largest absolute Gasteiger partial charge is 0.497 e. The van der Waals surface area contributed by atoms with Crippen LogP contribution in [0.15, 0.2) is 76.3 Å². The average Bonchev–Trinajstić information content (AvgIpc) is 3.48. The molecule has 0 radical (unpaired) electrons. The monoisotopic (exact) mass is 507 g/mol. The smallest absolute Gasteiger partial charge is 0.336 e. The second-order valence-electron chi connectivity index (χ2n) is 7.29. The van der Waals surface area contributed by atoms with Crippen molar-refractivity contribution in [3.8, 4) is 17.2 Å². The van der Waals surface area contributed by atoms with Gasteiger partial charge in [0.15, 0.2) is 11.5 Å². The van der Waals surface area contributed by atoms with Crippen LogP contribution in [0.2, 0.25) is 0 Å². The average molecular weight is 508 g/mol. The zero-order chi connectivity index (χ0) is 24.8. The minimum atomic E-state index is -0.550. The Hall–Kier alpha value is -3.82. The summed E-state index contributed by atoms with van der Waals surface area (Å²) in [6.45, 7) is 0.275. The predicted octanol–water partition coefficient (Wildman–Crippen LogP) is 5.32. The van der Waals surface area contributed by atoms with Crippen molar-refractivity contribution in [3.63, 3.8) is 0 Å².